The van der Waals surface area contributed by atoms with E-state index < -0.39 is 11.7 Å². The molecule has 0 bridgehead atoms. The third-order valence-electron chi connectivity index (χ3n) is 4.73. The van der Waals surface area contributed by atoms with Crippen molar-refractivity contribution >= 4 is 34.8 Å². The van der Waals surface area contributed by atoms with Crippen LogP contribution < -0.4 is 11.4 Å². The number of carbonyl (C=O) groups excluding carboxylic acids is 1. The van der Waals surface area contributed by atoms with Gasteiger partial charge in [0.25, 0.3) is 0 Å². The molecule has 0 aliphatic rings. The van der Waals surface area contributed by atoms with Gasteiger partial charge in [-0.1, -0.05) is 55.9 Å². The van der Waals surface area contributed by atoms with Crippen LogP contribution in [0.15, 0.2) is 40.3 Å². The fourth-order valence-electron chi connectivity index (χ4n) is 3.29. The first-order chi connectivity index (χ1) is 14.5. The van der Waals surface area contributed by atoms with Crippen LogP contribution in [0.3, 0.4) is 0 Å². The summed E-state index contributed by atoms with van der Waals surface area (Å²) in [5.74, 6) is 0.983. The summed E-state index contributed by atoms with van der Waals surface area (Å²) in [6, 6.07) is 9.22. The number of aromatic nitrogens is 4. The number of amides is 1. The normalized spacial score (nSPS) is 11.2. The molecule has 0 saturated heterocycles. The molecule has 0 radical (unpaired) electrons. The Balaban J connectivity index is 2.22. The molecule has 2 aromatic heterocycles. The molecule has 0 atom stereocenters. The number of benzene rings is 1. The zero-order chi connectivity index (χ0) is 21.7. The van der Waals surface area contributed by atoms with E-state index in [1.54, 1.807) is 4.90 Å². The van der Waals surface area contributed by atoms with E-state index in [1.807, 2.05) is 44.2 Å². The molecule has 1 amide bonds. The highest BCUT2D eigenvalue weighted by molar-refractivity contribution is 7.99. The van der Waals surface area contributed by atoms with Gasteiger partial charge in [-0.3, -0.25) is 4.57 Å². The first kappa shape index (κ1) is 21.9. The van der Waals surface area contributed by atoms with E-state index in [9.17, 15) is 9.59 Å². The van der Waals surface area contributed by atoms with E-state index in [4.69, 9.17) is 5.73 Å². The van der Waals surface area contributed by atoms with E-state index in [0.717, 1.165) is 28.7 Å². The second-order valence-corrected chi connectivity index (χ2v) is 8.03. The zero-order valence-electron chi connectivity index (χ0n) is 17.7. The summed E-state index contributed by atoms with van der Waals surface area (Å²) in [6.07, 6.45) is 1.76. The molecule has 0 fully saturated rings. The van der Waals surface area contributed by atoms with Crippen molar-refractivity contribution in [3.63, 3.8) is 0 Å². The molecular formula is C21H28N6O2S. The van der Waals surface area contributed by atoms with Gasteiger partial charge in [0.1, 0.15) is 5.52 Å². The number of nitrogens with two attached hydrogens (primary N) is 1. The highest BCUT2D eigenvalue weighted by Gasteiger charge is 2.26. The first-order valence-electron chi connectivity index (χ1n) is 10.3. The average molecular weight is 429 g/mol. The van der Waals surface area contributed by atoms with Crippen LogP contribution in [0.5, 0.6) is 0 Å². The molecule has 0 saturated carbocycles. The smallest absolute Gasteiger partial charge is 0.339 e. The lowest BCUT2D eigenvalue weighted by atomic mass is 10.2. The van der Waals surface area contributed by atoms with Gasteiger partial charge in [-0.2, -0.15) is 0 Å². The van der Waals surface area contributed by atoms with Crippen molar-refractivity contribution in [2.24, 2.45) is 0 Å². The van der Waals surface area contributed by atoms with Crippen LogP contribution in [0.25, 0.3) is 11.2 Å². The van der Waals surface area contributed by atoms with Gasteiger partial charge in [-0.25, -0.2) is 24.1 Å². The van der Waals surface area contributed by atoms with E-state index in [2.05, 4.69) is 16.9 Å². The number of anilines is 1. The second kappa shape index (κ2) is 9.80. The van der Waals surface area contributed by atoms with E-state index in [0.29, 0.717) is 30.4 Å². The van der Waals surface area contributed by atoms with Crippen molar-refractivity contribution in [1.29, 1.82) is 0 Å². The van der Waals surface area contributed by atoms with Crippen molar-refractivity contribution in [1.82, 2.24) is 24.0 Å². The number of hydrogen-bond donors (Lipinski definition) is 1. The molecule has 0 unspecified atom stereocenters. The third kappa shape index (κ3) is 4.35. The minimum absolute atomic E-state index is 0.142. The van der Waals surface area contributed by atoms with Crippen LogP contribution >= 0.6 is 11.8 Å². The summed E-state index contributed by atoms with van der Waals surface area (Å²) in [7, 11) is 0. The Kier molecular flexibility index (Phi) is 7.15. The molecule has 1 aromatic carbocycles. The SMILES string of the molecule is CCCSc1nc(N)c2c(n1)n(Cc1ccccc1)c(=O)n2C(=O)N(CC)CCC. The molecule has 2 heterocycles. The van der Waals surface area contributed by atoms with Crippen molar-refractivity contribution in [3.05, 3.63) is 46.4 Å². The minimum atomic E-state index is -0.452. The fourth-order valence-corrected chi connectivity index (χ4v) is 3.99. The Bertz CT molecular complexity index is 1080. The van der Waals surface area contributed by atoms with Crippen LogP contribution in [0.1, 0.15) is 39.2 Å². The number of fused-ring (bicyclic) bond motifs is 1. The van der Waals surface area contributed by atoms with Gasteiger partial charge in [-0.05, 0) is 25.3 Å². The topological polar surface area (TPSA) is 99.0 Å². The lowest BCUT2D eigenvalue weighted by molar-refractivity contribution is 0.202. The van der Waals surface area contributed by atoms with Gasteiger partial charge >= 0.3 is 11.7 Å². The molecule has 3 rings (SSSR count). The van der Waals surface area contributed by atoms with E-state index in [1.165, 1.54) is 16.3 Å². The lowest BCUT2D eigenvalue weighted by Gasteiger charge is -2.20. The summed E-state index contributed by atoms with van der Waals surface area (Å²) in [6.45, 7) is 7.30. The lowest BCUT2D eigenvalue weighted by Crippen LogP contribution is -2.40. The van der Waals surface area contributed by atoms with Crippen LogP contribution in [0.2, 0.25) is 0 Å². The van der Waals surface area contributed by atoms with Gasteiger partial charge in [-0.15, -0.1) is 0 Å². The molecule has 3 aromatic rings. The summed E-state index contributed by atoms with van der Waals surface area (Å²) >= 11 is 1.48. The largest absolute Gasteiger partial charge is 0.382 e. The monoisotopic (exact) mass is 428 g/mol. The number of imidazole rings is 1. The van der Waals surface area contributed by atoms with Crippen LogP contribution in [0, 0.1) is 0 Å². The predicted molar refractivity (Wildman–Crippen MR) is 121 cm³/mol. The number of rotatable bonds is 8. The van der Waals surface area contributed by atoms with Gasteiger partial charge in [0.05, 0.1) is 6.54 Å². The summed E-state index contributed by atoms with van der Waals surface area (Å²) < 4.78 is 2.64. The second-order valence-electron chi connectivity index (χ2n) is 6.96. The Morgan fingerprint density at radius 2 is 1.87 bits per heavy atom. The molecule has 8 nitrogen and oxygen atoms in total. The van der Waals surface area contributed by atoms with Gasteiger partial charge in [0, 0.05) is 18.8 Å². The maximum atomic E-state index is 13.4. The van der Waals surface area contributed by atoms with E-state index >= 15 is 0 Å². The highest BCUT2D eigenvalue weighted by atomic mass is 32.2. The Labute approximate surface area is 180 Å². The molecule has 0 spiro atoms. The molecule has 9 heteroatoms. The molecule has 0 aliphatic heterocycles. The quantitative estimate of drug-likeness (QED) is 0.436. The predicted octanol–water partition coefficient (Wildman–Crippen LogP) is 3.43. The van der Waals surface area contributed by atoms with Gasteiger partial charge in [0.2, 0.25) is 0 Å². The molecule has 0 aliphatic carbocycles. The number of hydrogen-bond acceptors (Lipinski definition) is 6. The van der Waals surface area contributed by atoms with E-state index in [-0.39, 0.29) is 11.3 Å². The Morgan fingerprint density at radius 1 is 1.13 bits per heavy atom. The maximum absolute atomic E-state index is 13.4. The zero-order valence-corrected chi connectivity index (χ0v) is 18.5. The molecule has 2 N–H and O–H groups in total. The number of nitrogens with zero attached hydrogens (tertiary/aromatic N) is 5. The van der Waals surface area contributed by atoms with Crippen molar-refractivity contribution in [2.75, 3.05) is 24.6 Å². The summed E-state index contributed by atoms with van der Waals surface area (Å²) in [5.41, 5.74) is 7.39. The van der Waals surface area contributed by atoms with Crippen molar-refractivity contribution in [2.45, 2.75) is 45.3 Å². The summed E-state index contributed by atoms with van der Waals surface area (Å²) in [4.78, 5) is 37.2. The third-order valence-corrected chi connectivity index (χ3v) is 5.78. The van der Waals surface area contributed by atoms with Crippen LogP contribution in [-0.2, 0) is 6.54 Å². The summed E-state index contributed by atoms with van der Waals surface area (Å²) in [5, 5.41) is 0.508. The highest BCUT2D eigenvalue weighted by Crippen LogP contribution is 2.23. The number of thioether (sulfide) groups is 1. The maximum Gasteiger partial charge on any atom is 0.339 e. The Morgan fingerprint density at radius 3 is 2.50 bits per heavy atom. The van der Waals surface area contributed by atoms with Crippen molar-refractivity contribution < 1.29 is 4.79 Å². The molecule has 160 valence electrons. The van der Waals surface area contributed by atoms with Gasteiger partial charge in [0.15, 0.2) is 16.6 Å². The first-order valence-corrected chi connectivity index (χ1v) is 11.2. The fraction of sp³-hybridized carbons (Fsp3) is 0.429. The standard InChI is InChI=1S/C21H28N6O2S/c1-4-12-25(6-3)20(28)27-16-17(22)23-19(30-13-5-2)24-18(16)26(21(27)29)14-15-10-8-7-9-11-15/h7-11H,4-6,12-14H2,1-3H3,(H2,22,23,24). The van der Waals surface area contributed by atoms with Gasteiger partial charge < -0.3 is 10.6 Å². The number of carbonyl (C=O) groups is 1. The average Bonchev–Trinajstić information content (AvgIpc) is 3.03. The van der Waals surface area contributed by atoms with Crippen molar-refractivity contribution in [3.8, 4) is 0 Å². The van der Waals surface area contributed by atoms with Crippen LogP contribution in [0.4, 0.5) is 10.6 Å². The minimum Gasteiger partial charge on any atom is -0.382 e. The van der Waals surface area contributed by atoms with Crippen LogP contribution in [-0.4, -0.2) is 48.9 Å². The molecule has 30 heavy (non-hydrogen) atoms. The number of nitrogen functional groups attached to an aromatic ring is 1. The molecular weight excluding hydrogens is 400 g/mol. The Hall–Kier alpha value is -2.81.